The fourth-order valence-electron chi connectivity index (χ4n) is 1.78. The van der Waals surface area contributed by atoms with Crippen LogP contribution >= 0.6 is 11.3 Å². The number of amides is 3. The molecule has 0 saturated carbocycles. The van der Waals surface area contributed by atoms with Gasteiger partial charge in [-0.05, 0) is 6.92 Å². The van der Waals surface area contributed by atoms with Crippen molar-refractivity contribution in [3.05, 3.63) is 16.1 Å². The number of rotatable bonds is 4. The quantitative estimate of drug-likeness (QED) is 0.628. The van der Waals surface area contributed by atoms with E-state index in [-0.39, 0.29) is 24.1 Å². The van der Waals surface area contributed by atoms with E-state index in [0.29, 0.717) is 11.6 Å². The summed E-state index contributed by atoms with van der Waals surface area (Å²) in [5.41, 5.74) is -0.0374. The van der Waals surface area contributed by atoms with Crippen molar-refractivity contribution >= 4 is 29.2 Å². The molecule has 1 fully saturated rings. The van der Waals surface area contributed by atoms with Crippen LogP contribution < -0.4 is 16.0 Å². The van der Waals surface area contributed by atoms with Gasteiger partial charge in [0.05, 0.1) is 12.1 Å². The van der Waals surface area contributed by atoms with Gasteiger partial charge in [0.1, 0.15) is 5.01 Å². The second-order valence-corrected chi connectivity index (χ2v) is 5.31. The number of nitrogens with zero attached hydrogens (tertiary/aromatic N) is 1. The van der Waals surface area contributed by atoms with Gasteiger partial charge in [0.15, 0.2) is 5.69 Å². The Bertz CT molecular complexity index is 544. The summed E-state index contributed by atoms with van der Waals surface area (Å²) in [7, 11) is 0. The summed E-state index contributed by atoms with van der Waals surface area (Å²) >= 11 is 1.17. The molecule has 2 unspecified atom stereocenters. The van der Waals surface area contributed by atoms with Crippen LogP contribution in [-0.4, -0.2) is 40.6 Å². The number of carboxylic acids is 1. The first-order valence-electron chi connectivity index (χ1n) is 5.98. The second-order valence-electron chi connectivity index (χ2n) is 4.42. The van der Waals surface area contributed by atoms with Crippen LogP contribution in [0, 0.1) is 0 Å². The summed E-state index contributed by atoms with van der Waals surface area (Å²) < 4.78 is 0. The van der Waals surface area contributed by atoms with Crippen molar-refractivity contribution in [1.82, 2.24) is 20.9 Å². The van der Waals surface area contributed by atoms with Crippen LogP contribution in [0.25, 0.3) is 0 Å². The molecule has 0 bridgehead atoms. The molecule has 1 saturated heterocycles. The normalized spacial score (nSPS) is 19.2. The zero-order valence-corrected chi connectivity index (χ0v) is 11.5. The third-order valence-corrected chi connectivity index (χ3v) is 3.80. The molecule has 0 spiro atoms. The Hall–Kier alpha value is -2.16. The van der Waals surface area contributed by atoms with E-state index in [1.807, 2.05) is 0 Å². The topological polar surface area (TPSA) is 120 Å². The van der Waals surface area contributed by atoms with Gasteiger partial charge >= 0.3 is 12.0 Å². The fourth-order valence-corrected chi connectivity index (χ4v) is 2.58. The summed E-state index contributed by atoms with van der Waals surface area (Å²) in [6.07, 6.45) is 0.266. The maximum absolute atomic E-state index is 11.7. The van der Waals surface area contributed by atoms with Gasteiger partial charge in [0.2, 0.25) is 5.91 Å². The number of carbonyl (C=O) groups is 3. The smallest absolute Gasteiger partial charge is 0.355 e. The molecule has 8 nitrogen and oxygen atoms in total. The highest BCUT2D eigenvalue weighted by Crippen LogP contribution is 2.17. The minimum atomic E-state index is -1.10. The molecule has 2 heterocycles. The number of hydrogen-bond donors (Lipinski definition) is 4. The molecule has 0 aliphatic carbocycles. The Morgan fingerprint density at radius 1 is 1.60 bits per heavy atom. The largest absolute Gasteiger partial charge is 0.476 e. The Kier molecular flexibility index (Phi) is 4.18. The van der Waals surface area contributed by atoms with E-state index in [1.54, 1.807) is 6.92 Å². The molecule has 1 aromatic heterocycles. The molecule has 2 atom stereocenters. The van der Waals surface area contributed by atoms with Crippen LogP contribution in [0.4, 0.5) is 4.79 Å². The monoisotopic (exact) mass is 298 g/mol. The maximum Gasteiger partial charge on any atom is 0.355 e. The standard InChI is InChI=1S/C11H14N4O4S/c1-5(9-15-7(4-20-9)10(17)18)13-11(19)14-6-2-8(16)12-3-6/h4-6H,2-3H2,1H3,(H,12,16)(H,17,18)(H2,13,14,19). The molecule has 1 aliphatic rings. The lowest BCUT2D eigenvalue weighted by molar-refractivity contribution is -0.119. The van der Waals surface area contributed by atoms with Gasteiger partial charge in [-0.2, -0.15) is 0 Å². The number of nitrogens with one attached hydrogen (secondary N) is 3. The molecule has 0 radical (unpaired) electrons. The van der Waals surface area contributed by atoms with E-state index in [4.69, 9.17) is 5.11 Å². The zero-order chi connectivity index (χ0) is 14.7. The molecule has 3 amide bonds. The van der Waals surface area contributed by atoms with Crippen LogP contribution in [0.5, 0.6) is 0 Å². The summed E-state index contributed by atoms with van der Waals surface area (Å²) in [6, 6.07) is -1.04. The second kappa shape index (κ2) is 5.87. The van der Waals surface area contributed by atoms with Crippen molar-refractivity contribution in [2.75, 3.05) is 6.54 Å². The minimum absolute atomic E-state index is 0.0374. The molecule has 9 heteroatoms. The molecule has 1 aromatic rings. The molecule has 2 rings (SSSR count). The number of carboxylic acid groups (broad SMARTS) is 1. The molecular formula is C11H14N4O4S. The van der Waals surface area contributed by atoms with Crippen molar-refractivity contribution < 1.29 is 19.5 Å². The van der Waals surface area contributed by atoms with E-state index in [9.17, 15) is 14.4 Å². The average molecular weight is 298 g/mol. The van der Waals surface area contributed by atoms with Crippen molar-refractivity contribution in [2.45, 2.75) is 25.4 Å². The number of carbonyl (C=O) groups excluding carboxylic acids is 2. The summed E-state index contributed by atoms with van der Waals surface area (Å²) in [5.74, 6) is -1.19. The van der Waals surface area contributed by atoms with Gasteiger partial charge in [-0.15, -0.1) is 11.3 Å². The van der Waals surface area contributed by atoms with E-state index >= 15 is 0 Å². The number of aromatic nitrogens is 1. The summed E-state index contributed by atoms with van der Waals surface area (Å²) in [6.45, 7) is 2.13. The van der Waals surface area contributed by atoms with Crippen LogP contribution in [0.3, 0.4) is 0 Å². The highest BCUT2D eigenvalue weighted by atomic mass is 32.1. The lowest BCUT2D eigenvalue weighted by Gasteiger charge is -2.15. The molecule has 108 valence electrons. The molecule has 1 aliphatic heterocycles. The number of thiazole rings is 1. The SMILES string of the molecule is CC(NC(=O)NC1CNC(=O)C1)c1nc(C(=O)O)cs1. The minimum Gasteiger partial charge on any atom is -0.476 e. The van der Waals surface area contributed by atoms with Crippen molar-refractivity contribution in [1.29, 1.82) is 0 Å². The molecular weight excluding hydrogens is 284 g/mol. The van der Waals surface area contributed by atoms with Gasteiger partial charge in [-0.3, -0.25) is 4.79 Å². The predicted molar refractivity (Wildman–Crippen MR) is 70.6 cm³/mol. The lowest BCUT2D eigenvalue weighted by Crippen LogP contribution is -2.43. The van der Waals surface area contributed by atoms with Gasteiger partial charge in [-0.25, -0.2) is 14.6 Å². The molecule has 0 aromatic carbocycles. The van der Waals surface area contributed by atoms with Gasteiger partial charge < -0.3 is 21.1 Å². The zero-order valence-electron chi connectivity index (χ0n) is 10.7. The van der Waals surface area contributed by atoms with Crippen LogP contribution in [0.15, 0.2) is 5.38 Å². The van der Waals surface area contributed by atoms with Gasteiger partial charge in [0.25, 0.3) is 0 Å². The third kappa shape index (κ3) is 3.44. The fraction of sp³-hybridized carbons (Fsp3) is 0.455. The highest BCUT2D eigenvalue weighted by Gasteiger charge is 2.24. The number of urea groups is 1. The van der Waals surface area contributed by atoms with Crippen LogP contribution in [0.1, 0.15) is 34.9 Å². The van der Waals surface area contributed by atoms with E-state index in [1.165, 1.54) is 16.7 Å². The number of aromatic carboxylic acids is 1. The first-order chi connectivity index (χ1) is 9.45. The van der Waals surface area contributed by atoms with E-state index in [0.717, 1.165) is 0 Å². The van der Waals surface area contributed by atoms with Crippen molar-refractivity contribution in [3.63, 3.8) is 0 Å². The molecule has 20 heavy (non-hydrogen) atoms. The third-order valence-electron chi connectivity index (χ3n) is 2.77. The Balaban J connectivity index is 1.86. The highest BCUT2D eigenvalue weighted by molar-refractivity contribution is 7.09. The Labute approximate surface area is 118 Å². The Morgan fingerprint density at radius 2 is 2.35 bits per heavy atom. The maximum atomic E-state index is 11.7. The summed E-state index contributed by atoms with van der Waals surface area (Å²) in [4.78, 5) is 37.4. The molecule has 4 N–H and O–H groups in total. The number of hydrogen-bond acceptors (Lipinski definition) is 5. The van der Waals surface area contributed by atoms with Gasteiger partial charge in [0, 0.05) is 18.3 Å². The first-order valence-corrected chi connectivity index (χ1v) is 6.86. The average Bonchev–Trinajstić information content (AvgIpc) is 2.98. The van der Waals surface area contributed by atoms with E-state index in [2.05, 4.69) is 20.9 Å². The van der Waals surface area contributed by atoms with Crippen LogP contribution in [-0.2, 0) is 4.79 Å². The summed E-state index contributed by atoms with van der Waals surface area (Å²) in [5, 5.41) is 18.7. The Morgan fingerprint density at radius 3 is 2.90 bits per heavy atom. The van der Waals surface area contributed by atoms with Gasteiger partial charge in [-0.1, -0.05) is 0 Å². The van der Waals surface area contributed by atoms with Crippen molar-refractivity contribution in [2.24, 2.45) is 0 Å². The lowest BCUT2D eigenvalue weighted by atomic mass is 10.2. The van der Waals surface area contributed by atoms with E-state index < -0.39 is 18.0 Å². The first kappa shape index (κ1) is 14.3. The van der Waals surface area contributed by atoms with Crippen LogP contribution in [0.2, 0.25) is 0 Å². The van der Waals surface area contributed by atoms with Crippen molar-refractivity contribution in [3.8, 4) is 0 Å². The predicted octanol–water partition coefficient (Wildman–Crippen LogP) is 0.0900.